The van der Waals surface area contributed by atoms with E-state index < -0.39 is 0 Å². The van der Waals surface area contributed by atoms with Crippen LogP contribution in [0.25, 0.3) is 31.7 Å². The number of piperazine rings is 2. The molecule has 0 aliphatic carbocycles. The Morgan fingerprint density at radius 2 is 0.695 bits per heavy atom. The van der Waals surface area contributed by atoms with Gasteiger partial charge in [-0.1, -0.05) is 72.8 Å². The van der Waals surface area contributed by atoms with Gasteiger partial charge in [-0.05, 0) is 187 Å². The SMILES string of the molecule is COc1cccc(CNC(=O)c2ccc(-c3ccnc(Nc4ccc(CCN5CCN(C)CC5)cc4)n3)s2)c1.COc1cccc(CNC(=O)c2ccc(-c3ccnc(Nc4ccc(CCN5CCN(CCO)CC5)cc4)n3)s2)c1.COc1cccc(CNC(=O)c2ccc(-c3ccnc(Nc4ccc(CCN5CCOCC5)cc4)n3)s2)c1. The number of likely N-dealkylation sites (N-methyl/N-ethyl adjacent to an activating group) is 1. The van der Waals surface area contributed by atoms with Gasteiger partial charge in [0, 0.05) is 147 Å². The van der Waals surface area contributed by atoms with E-state index in [1.165, 1.54) is 50.7 Å². The number of thiophene rings is 3. The van der Waals surface area contributed by atoms with E-state index in [0.29, 0.717) is 52.1 Å². The zero-order chi connectivity index (χ0) is 81.6. The topological polar surface area (TPSA) is 274 Å². The molecule has 3 aliphatic heterocycles. The van der Waals surface area contributed by atoms with Gasteiger partial charge in [-0.2, -0.15) is 0 Å². The van der Waals surface area contributed by atoms with Crippen molar-refractivity contribution < 1.29 is 38.4 Å². The smallest absolute Gasteiger partial charge is 0.261 e. The van der Waals surface area contributed by atoms with Crippen molar-refractivity contribution in [2.45, 2.75) is 38.9 Å². The van der Waals surface area contributed by atoms with Crippen molar-refractivity contribution in [3.63, 3.8) is 0 Å². The number of amides is 3. The first kappa shape index (κ1) is 84.5. The molecule has 25 nitrogen and oxygen atoms in total. The van der Waals surface area contributed by atoms with E-state index >= 15 is 0 Å². The van der Waals surface area contributed by atoms with Crippen LogP contribution in [0.2, 0.25) is 0 Å². The Hall–Kier alpha value is -11.4. The molecule has 0 spiro atoms. The third-order valence-electron chi connectivity index (χ3n) is 20.3. The highest BCUT2D eigenvalue weighted by molar-refractivity contribution is 7.18. The summed E-state index contributed by atoms with van der Waals surface area (Å²) in [5, 5.41) is 27.9. The van der Waals surface area contributed by atoms with Crippen molar-refractivity contribution in [2.24, 2.45) is 0 Å². The number of rotatable bonds is 32. The number of carbonyl (C=O) groups excluding carboxylic acids is 3. The third-order valence-corrected chi connectivity index (χ3v) is 23.7. The number of hydrogen-bond donors (Lipinski definition) is 7. The van der Waals surface area contributed by atoms with Gasteiger partial charge in [-0.25, -0.2) is 29.9 Å². The fraction of sp³-hybridized carbons (Fsp3) is 0.300. The van der Waals surface area contributed by atoms with Gasteiger partial charge in [0.25, 0.3) is 17.7 Å². The standard InChI is InChI=1S/C31H36N6O3S.C30H34N6O2S.C29H31N5O3S/c1-40-26-4-2-3-24(21-26)22-33-30(39)29-10-9-28(41-29)27-11-13-32-31(35-27)34-25-7-5-23(6-8-25)12-14-36-15-17-37(18-16-36)19-20-38;1-35-16-18-36(19-17-35)15-13-22-6-8-24(9-7-22)33-30-31-14-12-26(34-30)27-10-11-28(39-27)29(37)32-21-23-4-3-5-25(20-23)38-2;1-36-24-4-2-3-22(19-24)20-31-28(35)27-10-9-26(38-27)25-11-13-30-29(33-25)32-23-7-5-21(6-8-23)12-14-34-15-17-37-18-16-34/h2-11,13,21,38H,12,14-20,22H2,1H3,(H,33,39)(H,32,34,35);3-12,14,20H,13,15-19,21H2,1-2H3,(H,32,37)(H,31,33,34);2-11,13,19H,12,14-18,20H2,1H3,(H,31,35)(H,30,32,33). The van der Waals surface area contributed by atoms with Gasteiger partial charge in [0.15, 0.2) is 0 Å². The summed E-state index contributed by atoms with van der Waals surface area (Å²) >= 11 is 4.21. The number of hydrogen-bond acceptors (Lipinski definition) is 25. The first-order chi connectivity index (χ1) is 57.8. The molecule has 3 fully saturated rings. The Labute approximate surface area is 701 Å². The Kier molecular flexibility index (Phi) is 31.3. The lowest BCUT2D eigenvalue weighted by Gasteiger charge is -2.34. The number of morpholine rings is 1. The van der Waals surface area contributed by atoms with Crippen molar-refractivity contribution in [1.29, 1.82) is 0 Å². The molecule has 9 heterocycles. The number of nitrogens with one attached hydrogen (secondary N) is 6. The molecule has 118 heavy (non-hydrogen) atoms. The monoisotopic (exact) mass is 1640 g/mol. The molecule has 28 heteroatoms. The van der Waals surface area contributed by atoms with Crippen molar-refractivity contribution in [3.8, 4) is 49.0 Å². The minimum atomic E-state index is -0.125. The second-order valence-electron chi connectivity index (χ2n) is 28.6. The van der Waals surface area contributed by atoms with Crippen LogP contribution in [0.3, 0.4) is 0 Å². The van der Waals surface area contributed by atoms with E-state index in [-0.39, 0.29) is 24.3 Å². The van der Waals surface area contributed by atoms with Crippen LogP contribution in [0.4, 0.5) is 34.9 Å². The molecule has 6 aromatic carbocycles. The van der Waals surface area contributed by atoms with E-state index in [4.69, 9.17) is 24.1 Å². The number of methoxy groups -OCH3 is 3. The molecular formula is C90H101N17O8S3. The molecule has 3 aliphatic rings. The highest BCUT2D eigenvalue weighted by atomic mass is 32.1. The molecule has 0 atom stereocenters. The number of β-amino-alcohol motifs (C(OH)–C–C–N with tert-alkyl or cyclic N) is 1. The van der Waals surface area contributed by atoms with Gasteiger partial charge in [-0.15, -0.1) is 34.0 Å². The summed E-state index contributed by atoms with van der Waals surface area (Å²) in [5.41, 5.74) is 11.9. The summed E-state index contributed by atoms with van der Waals surface area (Å²) in [6, 6.07) is 65.0. The molecule has 7 N–H and O–H groups in total. The van der Waals surface area contributed by atoms with Crippen molar-refractivity contribution in [3.05, 3.63) is 267 Å². The Morgan fingerprint density at radius 1 is 0.381 bits per heavy atom. The highest BCUT2D eigenvalue weighted by Crippen LogP contribution is 2.32. The van der Waals surface area contributed by atoms with Crippen LogP contribution in [0.15, 0.2) is 219 Å². The molecule has 12 aromatic rings. The predicted molar refractivity (Wildman–Crippen MR) is 470 cm³/mol. The molecule has 612 valence electrons. The quantitative estimate of drug-likeness (QED) is 0.0206. The zero-order valence-corrected chi connectivity index (χ0v) is 69.4. The number of aromatic nitrogens is 6. The average molecular weight is 1650 g/mol. The summed E-state index contributed by atoms with van der Waals surface area (Å²) < 4.78 is 21.2. The normalized spacial score (nSPS) is 14.0. The lowest BCUT2D eigenvalue weighted by Crippen LogP contribution is -2.47. The summed E-state index contributed by atoms with van der Waals surface area (Å²) in [6.45, 7) is 17.8. The van der Waals surface area contributed by atoms with Gasteiger partial charge in [0.05, 0.1) is 87.5 Å². The van der Waals surface area contributed by atoms with Crippen molar-refractivity contribution >= 4 is 86.6 Å². The van der Waals surface area contributed by atoms with E-state index in [1.807, 2.05) is 127 Å². The number of aliphatic hydroxyl groups is 1. The van der Waals surface area contributed by atoms with E-state index in [1.54, 1.807) is 39.9 Å². The number of aliphatic hydroxyl groups excluding tert-OH is 1. The number of nitrogens with zero attached hydrogens (tertiary/aromatic N) is 11. The van der Waals surface area contributed by atoms with Crippen molar-refractivity contribution in [1.82, 2.24) is 70.4 Å². The van der Waals surface area contributed by atoms with Gasteiger partial charge >= 0.3 is 0 Å². The van der Waals surface area contributed by atoms with Gasteiger partial charge in [0.1, 0.15) is 17.2 Å². The van der Waals surface area contributed by atoms with Crippen LogP contribution in [0, 0.1) is 0 Å². The van der Waals surface area contributed by atoms with Crippen LogP contribution >= 0.6 is 34.0 Å². The minimum Gasteiger partial charge on any atom is -0.497 e. The Bertz CT molecular complexity index is 5170. The summed E-state index contributed by atoms with van der Waals surface area (Å²) in [4.78, 5) is 82.1. The first-order valence-electron chi connectivity index (χ1n) is 39.7. The maximum Gasteiger partial charge on any atom is 0.261 e. The lowest BCUT2D eigenvalue weighted by molar-refractivity contribution is 0.0384. The Morgan fingerprint density at radius 3 is 1.02 bits per heavy atom. The molecule has 0 saturated carbocycles. The van der Waals surface area contributed by atoms with Gasteiger partial charge < -0.3 is 70.7 Å². The van der Waals surface area contributed by atoms with Gasteiger partial charge in [-0.3, -0.25) is 24.2 Å². The van der Waals surface area contributed by atoms with Crippen LogP contribution in [-0.2, 0) is 43.6 Å². The van der Waals surface area contributed by atoms with E-state index in [9.17, 15) is 14.4 Å². The average Bonchev–Trinajstić information content (AvgIpc) is 1.69. The third kappa shape index (κ3) is 25.8. The molecular weight excluding hydrogens is 1540 g/mol. The van der Waals surface area contributed by atoms with Crippen LogP contribution < -0.4 is 46.1 Å². The largest absolute Gasteiger partial charge is 0.497 e. The van der Waals surface area contributed by atoms with Crippen LogP contribution in [0.1, 0.15) is 62.4 Å². The van der Waals surface area contributed by atoms with E-state index in [0.717, 1.165) is 207 Å². The summed E-state index contributed by atoms with van der Waals surface area (Å²) in [7, 11) is 7.07. The van der Waals surface area contributed by atoms with Crippen LogP contribution in [0.5, 0.6) is 17.2 Å². The predicted octanol–water partition coefficient (Wildman–Crippen LogP) is 13.5. The maximum absolute atomic E-state index is 12.7. The molecule has 0 radical (unpaired) electrons. The molecule has 3 saturated heterocycles. The van der Waals surface area contributed by atoms with Crippen molar-refractivity contribution in [2.75, 3.05) is 156 Å². The maximum atomic E-state index is 12.7. The highest BCUT2D eigenvalue weighted by Gasteiger charge is 2.20. The second-order valence-corrected chi connectivity index (χ2v) is 31.9. The zero-order valence-electron chi connectivity index (χ0n) is 67.0. The molecule has 3 amide bonds. The number of ether oxygens (including phenoxy) is 4. The molecule has 6 aromatic heterocycles. The van der Waals surface area contributed by atoms with Gasteiger partial charge in [0.2, 0.25) is 17.8 Å². The minimum absolute atomic E-state index is 0.116. The molecule has 15 rings (SSSR count). The van der Waals surface area contributed by atoms with Crippen LogP contribution in [-0.4, -0.2) is 217 Å². The number of anilines is 6. The molecule has 0 unspecified atom stereocenters. The van der Waals surface area contributed by atoms with E-state index in [2.05, 4.69) is 166 Å². The number of carbonyl (C=O) groups is 3. The second kappa shape index (κ2) is 43.7. The fourth-order valence-corrected chi connectivity index (χ4v) is 16.1. The summed E-state index contributed by atoms with van der Waals surface area (Å²) in [5.74, 6) is 3.48. The number of benzene rings is 6. The fourth-order valence-electron chi connectivity index (χ4n) is 13.4. The summed E-state index contributed by atoms with van der Waals surface area (Å²) in [6.07, 6.45) is 8.24. The lowest BCUT2D eigenvalue weighted by atomic mass is 10.1. The Balaban J connectivity index is 0.000000154. The molecule has 0 bridgehead atoms. The first-order valence-corrected chi connectivity index (χ1v) is 42.1.